The van der Waals surface area contributed by atoms with Crippen molar-refractivity contribution in [3.63, 3.8) is 0 Å². The highest BCUT2D eigenvalue weighted by Gasteiger charge is 2.16. The molecular weight excluding hydrogens is 358 g/mol. The maximum Gasteiger partial charge on any atom is 0.319 e. The normalized spacial score (nSPS) is 11.5. The number of nitrogens with zero attached hydrogens (tertiary/aromatic N) is 4. The second-order valence-corrected chi connectivity index (χ2v) is 6.33. The quantitative estimate of drug-likeness (QED) is 0.631. The summed E-state index contributed by atoms with van der Waals surface area (Å²) >= 11 is 0. The van der Waals surface area contributed by atoms with Crippen LogP contribution < -0.4 is 16.0 Å². The average molecular weight is 379 g/mol. The van der Waals surface area contributed by atoms with Gasteiger partial charge in [0.05, 0.1) is 6.04 Å². The Morgan fingerprint density at radius 1 is 1.07 bits per heavy atom. The van der Waals surface area contributed by atoms with Gasteiger partial charge in [0, 0.05) is 24.0 Å². The van der Waals surface area contributed by atoms with Crippen molar-refractivity contribution >= 4 is 23.3 Å². The highest BCUT2D eigenvalue weighted by atomic mass is 16.2. The van der Waals surface area contributed by atoms with Crippen LogP contribution in [0, 0.1) is 6.92 Å². The molecule has 144 valence electrons. The van der Waals surface area contributed by atoms with Crippen molar-refractivity contribution in [3.8, 4) is 0 Å². The molecule has 0 bridgehead atoms. The first kappa shape index (κ1) is 19.0. The molecule has 3 N–H and O–H groups in total. The Hall–Kier alpha value is -3.75. The molecule has 28 heavy (non-hydrogen) atoms. The molecule has 0 unspecified atom stereocenters. The molecule has 3 rings (SSSR count). The molecule has 9 nitrogen and oxygen atoms in total. The van der Waals surface area contributed by atoms with E-state index >= 15 is 0 Å². The lowest BCUT2D eigenvalue weighted by molar-refractivity contribution is 0.102. The van der Waals surface area contributed by atoms with E-state index in [1.54, 1.807) is 44.3 Å². The van der Waals surface area contributed by atoms with Crippen molar-refractivity contribution in [2.24, 2.45) is 7.05 Å². The summed E-state index contributed by atoms with van der Waals surface area (Å²) in [5.74, 6) is 0.274. The van der Waals surface area contributed by atoms with Crippen LogP contribution in [0.2, 0.25) is 0 Å². The number of hydrogen-bond acceptors (Lipinski definition) is 5. The Morgan fingerprint density at radius 3 is 2.50 bits per heavy atom. The van der Waals surface area contributed by atoms with E-state index in [9.17, 15) is 9.59 Å². The van der Waals surface area contributed by atoms with Crippen LogP contribution in [0.25, 0.3) is 0 Å². The van der Waals surface area contributed by atoms with E-state index in [0.29, 0.717) is 22.8 Å². The van der Waals surface area contributed by atoms with Gasteiger partial charge in [-0.15, -0.1) is 5.10 Å². The molecule has 1 atom stereocenters. The molecule has 0 aliphatic heterocycles. The molecule has 0 aliphatic rings. The van der Waals surface area contributed by atoms with E-state index in [0.717, 1.165) is 5.56 Å². The fourth-order valence-corrected chi connectivity index (χ4v) is 2.65. The molecule has 0 aliphatic carbocycles. The predicted octanol–water partition coefficient (Wildman–Crippen LogP) is 2.65. The molecule has 0 radical (unpaired) electrons. The number of para-hydroxylation sites is 1. The van der Waals surface area contributed by atoms with Gasteiger partial charge in [-0.05, 0) is 54.1 Å². The number of carbonyl (C=O) groups excluding carboxylic acids is 2. The molecule has 2 aromatic carbocycles. The molecule has 3 aromatic rings. The van der Waals surface area contributed by atoms with Crippen LogP contribution in [0.1, 0.15) is 34.7 Å². The predicted molar refractivity (Wildman–Crippen MR) is 105 cm³/mol. The van der Waals surface area contributed by atoms with Gasteiger partial charge in [0.25, 0.3) is 5.91 Å². The number of anilines is 2. The Bertz CT molecular complexity index is 985. The number of tetrazole rings is 1. The summed E-state index contributed by atoms with van der Waals surface area (Å²) < 4.78 is 1.49. The van der Waals surface area contributed by atoms with Crippen molar-refractivity contribution in [1.82, 2.24) is 25.5 Å². The van der Waals surface area contributed by atoms with Crippen LogP contribution in [-0.4, -0.2) is 32.1 Å². The Labute approximate surface area is 162 Å². The fraction of sp³-hybridized carbons (Fsp3) is 0.211. The van der Waals surface area contributed by atoms with Gasteiger partial charge in [-0.25, -0.2) is 9.48 Å². The lowest BCUT2D eigenvalue weighted by atomic mass is 10.1. The molecule has 0 saturated carbocycles. The van der Waals surface area contributed by atoms with Gasteiger partial charge in [0.2, 0.25) is 0 Å². The lowest BCUT2D eigenvalue weighted by Crippen LogP contribution is -2.32. The van der Waals surface area contributed by atoms with E-state index < -0.39 is 6.03 Å². The summed E-state index contributed by atoms with van der Waals surface area (Å²) in [7, 11) is 1.70. The van der Waals surface area contributed by atoms with E-state index in [1.807, 2.05) is 25.1 Å². The fourth-order valence-electron chi connectivity index (χ4n) is 2.65. The standard InChI is InChI=1S/C19H21N7O2/c1-12-9-10-14(18(27)21-15-7-5-4-6-8-15)11-16(12)22-19(28)20-13(2)17-23-24-25-26(17)3/h4-11,13H,1-3H3,(H,21,27)(H2,20,22,28)/t13-/m0/s1. The minimum Gasteiger partial charge on any atom is -0.328 e. The first-order valence-electron chi connectivity index (χ1n) is 8.71. The highest BCUT2D eigenvalue weighted by molar-refractivity contribution is 6.05. The molecule has 1 aromatic heterocycles. The molecule has 0 spiro atoms. The van der Waals surface area contributed by atoms with Crippen molar-refractivity contribution < 1.29 is 9.59 Å². The van der Waals surface area contributed by atoms with Crippen LogP contribution in [0.15, 0.2) is 48.5 Å². The van der Waals surface area contributed by atoms with E-state index in [-0.39, 0.29) is 11.9 Å². The van der Waals surface area contributed by atoms with E-state index in [4.69, 9.17) is 0 Å². The van der Waals surface area contributed by atoms with E-state index in [1.165, 1.54) is 4.68 Å². The second-order valence-electron chi connectivity index (χ2n) is 6.33. The zero-order valence-corrected chi connectivity index (χ0v) is 15.8. The molecule has 9 heteroatoms. The van der Waals surface area contributed by atoms with Crippen LogP contribution in [0.4, 0.5) is 16.2 Å². The third-order valence-corrected chi connectivity index (χ3v) is 4.17. The maximum atomic E-state index is 12.5. The van der Waals surface area contributed by atoms with Crippen LogP contribution in [0.5, 0.6) is 0 Å². The Morgan fingerprint density at radius 2 is 1.82 bits per heavy atom. The average Bonchev–Trinajstić information content (AvgIpc) is 3.10. The topological polar surface area (TPSA) is 114 Å². The summed E-state index contributed by atoms with van der Waals surface area (Å²) in [5.41, 5.74) is 2.52. The molecule has 0 fully saturated rings. The molecular formula is C19H21N7O2. The van der Waals surface area contributed by atoms with Gasteiger partial charge in [-0.2, -0.15) is 0 Å². The lowest BCUT2D eigenvalue weighted by Gasteiger charge is -2.15. The van der Waals surface area contributed by atoms with Gasteiger partial charge in [0.15, 0.2) is 5.82 Å². The highest BCUT2D eigenvalue weighted by Crippen LogP contribution is 2.19. The largest absolute Gasteiger partial charge is 0.328 e. The molecule has 1 heterocycles. The summed E-state index contributed by atoms with van der Waals surface area (Å²) in [6.07, 6.45) is 0. The molecule has 3 amide bonds. The number of amides is 3. The SMILES string of the molecule is Cc1ccc(C(=O)Nc2ccccc2)cc1NC(=O)N[C@@H](C)c1nnnn1C. The third kappa shape index (κ3) is 4.50. The van der Waals surface area contributed by atoms with Gasteiger partial charge >= 0.3 is 6.03 Å². The second kappa shape index (κ2) is 8.30. The summed E-state index contributed by atoms with van der Waals surface area (Å²) in [5, 5.41) is 19.6. The van der Waals surface area contributed by atoms with Gasteiger partial charge in [-0.3, -0.25) is 4.79 Å². The van der Waals surface area contributed by atoms with Gasteiger partial charge in [0.1, 0.15) is 0 Å². The van der Waals surface area contributed by atoms with Crippen LogP contribution >= 0.6 is 0 Å². The number of aryl methyl sites for hydroxylation is 2. The number of carbonyl (C=O) groups is 2. The van der Waals surface area contributed by atoms with Crippen LogP contribution in [0.3, 0.4) is 0 Å². The van der Waals surface area contributed by atoms with Crippen molar-refractivity contribution in [2.75, 3.05) is 10.6 Å². The Balaban J connectivity index is 1.68. The third-order valence-electron chi connectivity index (χ3n) is 4.17. The monoisotopic (exact) mass is 379 g/mol. The number of nitrogens with one attached hydrogen (secondary N) is 3. The smallest absolute Gasteiger partial charge is 0.319 e. The number of urea groups is 1. The number of rotatable bonds is 5. The summed E-state index contributed by atoms with van der Waals surface area (Å²) in [6, 6.07) is 13.5. The van der Waals surface area contributed by atoms with Crippen molar-refractivity contribution in [2.45, 2.75) is 19.9 Å². The number of aromatic nitrogens is 4. The number of benzene rings is 2. The first-order valence-corrected chi connectivity index (χ1v) is 8.71. The minimum atomic E-state index is -0.417. The summed E-state index contributed by atoms with van der Waals surface area (Å²) in [6.45, 7) is 3.63. The van der Waals surface area contributed by atoms with Crippen LogP contribution in [-0.2, 0) is 7.05 Å². The van der Waals surface area contributed by atoms with Crippen molar-refractivity contribution in [1.29, 1.82) is 0 Å². The zero-order valence-electron chi connectivity index (χ0n) is 15.8. The first-order chi connectivity index (χ1) is 13.4. The van der Waals surface area contributed by atoms with Gasteiger partial charge in [-0.1, -0.05) is 24.3 Å². The van der Waals surface area contributed by atoms with E-state index in [2.05, 4.69) is 31.5 Å². The van der Waals surface area contributed by atoms with Gasteiger partial charge < -0.3 is 16.0 Å². The number of hydrogen-bond donors (Lipinski definition) is 3. The minimum absolute atomic E-state index is 0.256. The molecule has 0 saturated heterocycles. The Kier molecular flexibility index (Phi) is 5.64. The zero-order chi connectivity index (χ0) is 20.1. The maximum absolute atomic E-state index is 12.5. The van der Waals surface area contributed by atoms with Crippen molar-refractivity contribution in [3.05, 3.63) is 65.5 Å². The summed E-state index contributed by atoms with van der Waals surface area (Å²) in [4.78, 5) is 24.8.